The number of benzene rings is 2. The van der Waals surface area contributed by atoms with E-state index in [-0.39, 0.29) is 36.3 Å². The van der Waals surface area contributed by atoms with Gasteiger partial charge in [0.1, 0.15) is 5.82 Å². The maximum absolute atomic E-state index is 13.6. The van der Waals surface area contributed by atoms with E-state index in [0.29, 0.717) is 31.2 Å². The number of hydrogen-bond donors (Lipinski definition) is 0. The van der Waals surface area contributed by atoms with Crippen molar-refractivity contribution in [2.45, 2.75) is 38.3 Å². The van der Waals surface area contributed by atoms with Crippen LogP contribution >= 0.6 is 22.9 Å². The van der Waals surface area contributed by atoms with Crippen molar-refractivity contribution in [2.24, 2.45) is 0 Å². The van der Waals surface area contributed by atoms with Crippen LogP contribution in [0.25, 0.3) is 0 Å². The lowest BCUT2D eigenvalue weighted by Crippen LogP contribution is -2.43. The van der Waals surface area contributed by atoms with Crippen LogP contribution in [0, 0.1) is 12.7 Å². The van der Waals surface area contributed by atoms with Gasteiger partial charge in [0.15, 0.2) is 0 Å². The fraction of sp³-hybridized carbons (Fsp3) is 0.346. The van der Waals surface area contributed by atoms with Crippen molar-refractivity contribution in [1.29, 1.82) is 0 Å². The number of thiophene rings is 1. The zero-order chi connectivity index (χ0) is 26.1. The van der Waals surface area contributed by atoms with E-state index in [1.54, 1.807) is 28.4 Å². The molecule has 0 fully saturated rings. The van der Waals surface area contributed by atoms with Gasteiger partial charge in [0.2, 0.25) is 15.9 Å². The largest absolute Gasteiger partial charge is 0.382 e. The zero-order valence-corrected chi connectivity index (χ0v) is 22.7. The molecule has 2 aromatic carbocycles. The number of carbonyl (C=O) groups excluding carboxylic acids is 1. The maximum atomic E-state index is 13.6. The number of sulfonamides is 1. The molecule has 0 atom stereocenters. The molecule has 0 radical (unpaired) electrons. The van der Waals surface area contributed by atoms with Gasteiger partial charge in [-0.1, -0.05) is 23.7 Å². The molecule has 6 nitrogen and oxygen atoms in total. The highest BCUT2D eigenvalue weighted by Crippen LogP contribution is 2.22. The van der Waals surface area contributed by atoms with Gasteiger partial charge in [-0.25, -0.2) is 12.8 Å². The Morgan fingerprint density at radius 1 is 1.03 bits per heavy atom. The van der Waals surface area contributed by atoms with E-state index >= 15 is 0 Å². The molecule has 1 heterocycles. The summed E-state index contributed by atoms with van der Waals surface area (Å²) in [6.45, 7) is 5.10. The Balaban J connectivity index is 1.85. The highest BCUT2D eigenvalue weighted by atomic mass is 35.5. The van der Waals surface area contributed by atoms with Gasteiger partial charge in [-0.05, 0) is 74.4 Å². The summed E-state index contributed by atoms with van der Waals surface area (Å²) in [4.78, 5) is 17.3. The van der Waals surface area contributed by atoms with E-state index in [2.05, 4.69) is 0 Å². The van der Waals surface area contributed by atoms with E-state index in [1.807, 2.05) is 26.0 Å². The van der Waals surface area contributed by atoms with Crippen LogP contribution in [0.4, 0.5) is 4.39 Å². The van der Waals surface area contributed by atoms with Crippen molar-refractivity contribution in [3.63, 3.8) is 0 Å². The summed E-state index contributed by atoms with van der Waals surface area (Å²) in [5.74, 6) is -0.709. The van der Waals surface area contributed by atoms with Crippen molar-refractivity contribution in [3.05, 3.63) is 86.8 Å². The Morgan fingerprint density at radius 3 is 2.33 bits per heavy atom. The fourth-order valence-electron chi connectivity index (χ4n) is 3.58. The molecular weight excluding hydrogens is 523 g/mol. The molecule has 3 aromatic rings. The van der Waals surface area contributed by atoms with Crippen molar-refractivity contribution < 1.29 is 22.3 Å². The van der Waals surface area contributed by atoms with Crippen LogP contribution in [0.5, 0.6) is 0 Å². The first-order valence-corrected chi connectivity index (χ1v) is 14.2. The molecule has 0 spiro atoms. The summed E-state index contributed by atoms with van der Waals surface area (Å²) in [7, 11) is -3.96. The highest BCUT2D eigenvalue weighted by molar-refractivity contribution is 7.89. The standard InChI is InChI=1S/C26H30ClFN2O4S2/c1-3-34-16-4-15-30(36(32,33)25-13-8-22(27)9-14-25)19-26(31)29(18-24-12-5-20(2)35-24)17-21-6-10-23(28)11-7-21/h5-14H,3-4,15-19H2,1-2H3. The Labute approximate surface area is 221 Å². The third-order valence-corrected chi connectivity index (χ3v) is 8.54. The third kappa shape index (κ3) is 8.11. The van der Waals surface area contributed by atoms with Crippen molar-refractivity contribution in [2.75, 3.05) is 26.3 Å². The number of ether oxygens (including phenoxy) is 1. The summed E-state index contributed by atoms with van der Waals surface area (Å²) >= 11 is 7.52. The minimum atomic E-state index is -3.96. The summed E-state index contributed by atoms with van der Waals surface area (Å²) < 4.78 is 46.9. The molecule has 1 aromatic heterocycles. The molecule has 194 valence electrons. The smallest absolute Gasteiger partial charge is 0.243 e. The normalized spacial score (nSPS) is 11.7. The van der Waals surface area contributed by atoms with Crippen LogP contribution in [0.1, 0.15) is 28.7 Å². The molecule has 3 rings (SSSR count). The summed E-state index contributed by atoms with van der Waals surface area (Å²) in [6.07, 6.45) is 0.440. The molecule has 0 bridgehead atoms. The van der Waals surface area contributed by atoms with Gasteiger partial charge in [-0.2, -0.15) is 4.31 Å². The van der Waals surface area contributed by atoms with Gasteiger partial charge in [0, 0.05) is 41.1 Å². The number of aryl methyl sites for hydroxylation is 1. The quantitative estimate of drug-likeness (QED) is 0.263. The first-order valence-electron chi connectivity index (χ1n) is 11.6. The van der Waals surface area contributed by atoms with Crippen LogP contribution < -0.4 is 0 Å². The molecule has 0 N–H and O–H groups in total. The lowest BCUT2D eigenvalue weighted by molar-refractivity contribution is -0.132. The molecule has 0 saturated carbocycles. The van der Waals surface area contributed by atoms with E-state index in [9.17, 15) is 17.6 Å². The Bertz CT molecular complexity index is 1230. The molecule has 0 unspecified atom stereocenters. The van der Waals surface area contributed by atoms with Gasteiger partial charge in [0.25, 0.3) is 0 Å². The minimum absolute atomic E-state index is 0.0649. The lowest BCUT2D eigenvalue weighted by atomic mass is 10.2. The summed E-state index contributed by atoms with van der Waals surface area (Å²) in [5, 5.41) is 0.421. The monoisotopic (exact) mass is 552 g/mol. The first kappa shape index (κ1) is 28.3. The predicted octanol–water partition coefficient (Wildman–Crippen LogP) is 5.50. The lowest BCUT2D eigenvalue weighted by Gasteiger charge is -2.27. The summed E-state index contributed by atoms with van der Waals surface area (Å²) in [5.41, 5.74) is 0.751. The second kappa shape index (κ2) is 13.3. The Hall–Kier alpha value is -2.30. The van der Waals surface area contributed by atoms with E-state index < -0.39 is 10.0 Å². The number of hydrogen-bond acceptors (Lipinski definition) is 5. The second-order valence-corrected chi connectivity index (χ2v) is 12.0. The minimum Gasteiger partial charge on any atom is -0.382 e. The van der Waals surface area contributed by atoms with Gasteiger partial charge < -0.3 is 9.64 Å². The van der Waals surface area contributed by atoms with Gasteiger partial charge >= 0.3 is 0 Å². The molecule has 36 heavy (non-hydrogen) atoms. The number of nitrogens with zero attached hydrogens (tertiary/aromatic N) is 2. The number of amides is 1. The van der Waals surface area contributed by atoms with Crippen LogP contribution in [0.3, 0.4) is 0 Å². The SMILES string of the molecule is CCOCCCN(CC(=O)N(Cc1ccc(F)cc1)Cc1ccc(C)s1)S(=O)(=O)c1ccc(Cl)cc1. The number of carbonyl (C=O) groups is 1. The van der Waals surface area contributed by atoms with E-state index in [1.165, 1.54) is 40.7 Å². The Kier molecular flexibility index (Phi) is 10.4. The molecule has 0 saturated heterocycles. The highest BCUT2D eigenvalue weighted by Gasteiger charge is 2.28. The molecule has 0 aliphatic carbocycles. The maximum Gasteiger partial charge on any atom is 0.243 e. The van der Waals surface area contributed by atoms with Gasteiger partial charge in [-0.15, -0.1) is 11.3 Å². The second-order valence-electron chi connectivity index (χ2n) is 8.23. The van der Waals surface area contributed by atoms with Crippen molar-refractivity contribution in [3.8, 4) is 0 Å². The molecule has 0 aliphatic rings. The zero-order valence-electron chi connectivity index (χ0n) is 20.3. The van der Waals surface area contributed by atoms with Crippen LogP contribution in [0.2, 0.25) is 5.02 Å². The summed E-state index contributed by atoms with van der Waals surface area (Å²) in [6, 6.07) is 15.8. The molecule has 1 amide bonds. The van der Waals surface area contributed by atoms with Crippen molar-refractivity contribution >= 4 is 38.9 Å². The Morgan fingerprint density at radius 2 is 1.72 bits per heavy atom. The van der Waals surface area contributed by atoms with Gasteiger partial charge in [-0.3, -0.25) is 4.79 Å². The molecular formula is C26H30ClFN2O4S2. The average Bonchev–Trinajstić information content (AvgIpc) is 3.26. The van der Waals surface area contributed by atoms with E-state index in [4.69, 9.17) is 16.3 Å². The van der Waals surface area contributed by atoms with Crippen molar-refractivity contribution in [1.82, 2.24) is 9.21 Å². The number of rotatable bonds is 13. The molecule has 10 heteroatoms. The fourth-order valence-corrected chi connectivity index (χ4v) is 6.04. The topological polar surface area (TPSA) is 66.9 Å². The first-order chi connectivity index (χ1) is 17.2. The van der Waals surface area contributed by atoms with Crippen LogP contribution in [-0.2, 0) is 32.6 Å². The van der Waals surface area contributed by atoms with Gasteiger partial charge in [0.05, 0.1) is 18.0 Å². The average molecular weight is 553 g/mol. The number of halogens is 2. The predicted molar refractivity (Wildman–Crippen MR) is 141 cm³/mol. The molecule has 0 aliphatic heterocycles. The van der Waals surface area contributed by atoms with Crippen LogP contribution in [0.15, 0.2) is 65.6 Å². The third-order valence-electron chi connectivity index (χ3n) is 5.45. The van der Waals surface area contributed by atoms with Crippen LogP contribution in [-0.4, -0.2) is 49.8 Å². The van der Waals surface area contributed by atoms with E-state index in [0.717, 1.165) is 15.3 Å².